The molecule has 1 aromatic rings. The minimum Gasteiger partial charge on any atom is -0.497 e. The Morgan fingerprint density at radius 2 is 1.71 bits per heavy atom. The van der Waals surface area contributed by atoms with Crippen molar-refractivity contribution in [2.45, 2.75) is 53.2 Å². The van der Waals surface area contributed by atoms with E-state index in [0.29, 0.717) is 29.7 Å². The molecular formula is C21H33NO6. The molecule has 1 N–H and O–H groups in total. The summed E-state index contributed by atoms with van der Waals surface area (Å²) >= 11 is 0. The van der Waals surface area contributed by atoms with E-state index in [1.54, 1.807) is 32.2 Å². The van der Waals surface area contributed by atoms with Gasteiger partial charge in [0.15, 0.2) is 12.2 Å². The van der Waals surface area contributed by atoms with Crippen LogP contribution in [0.2, 0.25) is 0 Å². The van der Waals surface area contributed by atoms with Gasteiger partial charge in [-0.05, 0) is 37.3 Å². The van der Waals surface area contributed by atoms with Crippen LogP contribution in [0.15, 0.2) is 18.2 Å². The maximum atomic E-state index is 12.7. The fourth-order valence-electron chi connectivity index (χ4n) is 2.37. The lowest BCUT2D eigenvalue weighted by Crippen LogP contribution is -2.39. The lowest BCUT2D eigenvalue weighted by atomic mass is 10.1. The Labute approximate surface area is 167 Å². The number of hydrogen-bond donors (Lipinski definition) is 1. The Kier molecular flexibility index (Phi) is 9.79. The molecular weight excluding hydrogens is 362 g/mol. The van der Waals surface area contributed by atoms with Crippen LogP contribution in [0.5, 0.6) is 11.5 Å². The maximum Gasteiger partial charge on any atom is 0.335 e. The molecule has 0 spiro atoms. The van der Waals surface area contributed by atoms with E-state index in [1.165, 1.54) is 7.11 Å². The zero-order valence-corrected chi connectivity index (χ0v) is 17.9. The lowest BCUT2D eigenvalue weighted by Gasteiger charge is -2.23. The van der Waals surface area contributed by atoms with Crippen LogP contribution in [-0.2, 0) is 19.1 Å². The molecule has 28 heavy (non-hydrogen) atoms. The van der Waals surface area contributed by atoms with E-state index < -0.39 is 24.1 Å². The van der Waals surface area contributed by atoms with Gasteiger partial charge in [0.05, 0.1) is 19.9 Å². The van der Waals surface area contributed by atoms with Crippen molar-refractivity contribution < 1.29 is 28.5 Å². The second-order valence-corrected chi connectivity index (χ2v) is 7.35. The first-order chi connectivity index (χ1) is 13.2. The van der Waals surface area contributed by atoms with Gasteiger partial charge in [-0.1, -0.05) is 27.7 Å². The fourth-order valence-corrected chi connectivity index (χ4v) is 2.37. The van der Waals surface area contributed by atoms with E-state index >= 15 is 0 Å². The third kappa shape index (κ3) is 7.38. The fraction of sp³-hybridized carbons (Fsp3) is 0.619. The van der Waals surface area contributed by atoms with Crippen molar-refractivity contribution in [3.8, 4) is 11.5 Å². The molecule has 158 valence electrons. The molecule has 2 unspecified atom stereocenters. The molecule has 7 nitrogen and oxygen atoms in total. The summed E-state index contributed by atoms with van der Waals surface area (Å²) in [5.74, 6) is 0.342. The van der Waals surface area contributed by atoms with E-state index in [0.717, 1.165) is 6.42 Å². The van der Waals surface area contributed by atoms with Gasteiger partial charge in [0.25, 0.3) is 5.91 Å². The summed E-state index contributed by atoms with van der Waals surface area (Å²) in [7, 11) is 3.05. The van der Waals surface area contributed by atoms with Crippen molar-refractivity contribution in [2.24, 2.45) is 11.8 Å². The topological polar surface area (TPSA) is 83.1 Å². The third-order valence-corrected chi connectivity index (χ3v) is 4.17. The van der Waals surface area contributed by atoms with Crippen molar-refractivity contribution in [3.63, 3.8) is 0 Å². The van der Waals surface area contributed by atoms with Gasteiger partial charge in [-0.3, -0.25) is 4.79 Å². The van der Waals surface area contributed by atoms with E-state index in [9.17, 15) is 9.59 Å². The lowest BCUT2D eigenvalue weighted by molar-refractivity contribution is -0.167. The van der Waals surface area contributed by atoms with Crippen LogP contribution in [-0.4, -0.2) is 44.9 Å². The van der Waals surface area contributed by atoms with Crippen LogP contribution >= 0.6 is 0 Å². The standard InChI is InChI=1S/C21H33NO6/c1-13(2)10-11-27-15(5)21(24)28-19(14(3)4)20(23)22-17-9-8-16(25-6)12-18(17)26-7/h8-9,12-15,19H,10-11H2,1-7H3,(H,22,23). The van der Waals surface area contributed by atoms with Crippen LogP contribution in [0.25, 0.3) is 0 Å². The van der Waals surface area contributed by atoms with Crippen molar-refractivity contribution in [3.05, 3.63) is 18.2 Å². The molecule has 0 fully saturated rings. The highest BCUT2D eigenvalue weighted by Gasteiger charge is 2.29. The van der Waals surface area contributed by atoms with Crippen molar-refractivity contribution in [2.75, 3.05) is 26.1 Å². The van der Waals surface area contributed by atoms with Crippen molar-refractivity contribution >= 4 is 17.6 Å². The summed E-state index contributed by atoms with van der Waals surface area (Å²) < 4.78 is 21.4. The van der Waals surface area contributed by atoms with Gasteiger partial charge < -0.3 is 24.3 Å². The second kappa shape index (κ2) is 11.5. The molecule has 0 radical (unpaired) electrons. The number of anilines is 1. The molecule has 1 amide bonds. The molecule has 0 aliphatic heterocycles. The normalized spacial score (nSPS) is 13.2. The van der Waals surface area contributed by atoms with Crippen LogP contribution in [0.3, 0.4) is 0 Å². The minimum absolute atomic E-state index is 0.212. The number of carbonyl (C=O) groups is 2. The molecule has 0 bridgehead atoms. The third-order valence-electron chi connectivity index (χ3n) is 4.17. The Morgan fingerprint density at radius 3 is 2.25 bits per heavy atom. The largest absolute Gasteiger partial charge is 0.497 e. The molecule has 2 atom stereocenters. The van der Waals surface area contributed by atoms with E-state index in [4.69, 9.17) is 18.9 Å². The first-order valence-electron chi connectivity index (χ1n) is 9.54. The summed E-state index contributed by atoms with van der Waals surface area (Å²) in [6.07, 6.45) is -0.832. The molecule has 0 aliphatic carbocycles. The van der Waals surface area contributed by atoms with Gasteiger partial charge in [-0.15, -0.1) is 0 Å². The number of hydrogen-bond acceptors (Lipinski definition) is 6. The van der Waals surface area contributed by atoms with E-state index in [-0.39, 0.29) is 5.92 Å². The predicted octanol–water partition coefficient (Wildman–Crippen LogP) is 3.66. The molecule has 0 heterocycles. The zero-order valence-electron chi connectivity index (χ0n) is 17.9. The van der Waals surface area contributed by atoms with Gasteiger partial charge in [0.1, 0.15) is 11.5 Å². The highest BCUT2D eigenvalue weighted by Crippen LogP contribution is 2.29. The molecule has 7 heteroatoms. The number of rotatable bonds is 11. The second-order valence-electron chi connectivity index (χ2n) is 7.35. The Bertz CT molecular complexity index is 644. The zero-order chi connectivity index (χ0) is 21.3. The van der Waals surface area contributed by atoms with Crippen molar-refractivity contribution in [1.82, 2.24) is 0 Å². The number of amides is 1. The molecule has 0 saturated heterocycles. The number of methoxy groups -OCH3 is 2. The molecule has 0 aliphatic rings. The summed E-state index contributed by atoms with van der Waals surface area (Å²) in [6, 6.07) is 5.04. The maximum absolute atomic E-state index is 12.7. The first-order valence-corrected chi connectivity index (χ1v) is 9.54. The van der Waals surface area contributed by atoms with Crippen LogP contribution in [0.4, 0.5) is 5.69 Å². The van der Waals surface area contributed by atoms with Crippen LogP contribution < -0.4 is 14.8 Å². The predicted molar refractivity (Wildman–Crippen MR) is 108 cm³/mol. The van der Waals surface area contributed by atoms with Gasteiger partial charge in [0, 0.05) is 12.7 Å². The highest BCUT2D eigenvalue weighted by molar-refractivity contribution is 5.97. The van der Waals surface area contributed by atoms with E-state index in [2.05, 4.69) is 19.2 Å². The Balaban J connectivity index is 2.77. The first kappa shape index (κ1) is 23.8. The summed E-state index contributed by atoms with van der Waals surface area (Å²) in [6.45, 7) is 9.89. The Hall–Kier alpha value is -2.28. The van der Waals surface area contributed by atoms with Crippen LogP contribution in [0, 0.1) is 11.8 Å². The van der Waals surface area contributed by atoms with E-state index in [1.807, 2.05) is 13.8 Å². The van der Waals surface area contributed by atoms with Gasteiger partial charge in [0.2, 0.25) is 0 Å². The van der Waals surface area contributed by atoms with Crippen molar-refractivity contribution in [1.29, 1.82) is 0 Å². The smallest absolute Gasteiger partial charge is 0.335 e. The molecule has 0 aromatic heterocycles. The number of esters is 1. The van der Waals surface area contributed by atoms with Crippen LogP contribution in [0.1, 0.15) is 41.0 Å². The number of benzene rings is 1. The summed E-state index contributed by atoms with van der Waals surface area (Å²) in [5, 5.41) is 2.76. The molecule has 1 rings (SSSR count). The highest BCUT2D eigenvalue weighted by atomic mass is 16.6. The SMILES string of the molecule is COc1ccc(NC(=O)C(OC(=O)C(C)OCCC(C)C)C(C)C)c(OC)c1. The molecule has 0 saturated carbocycles. The van der Waals surface area contributed by atoms with Gasteiger partial charge in [-0.2, -0.15) is 0 Å². The Morgan fingerprint density at radius 1 is 1.04 bits per heavy atom. The summed E-state index contributed by atoms with van der Waals surface area (Å²) in [4.78, 5) is 25.1. The number of nitrogens with one attached hydrogen (secondary N) is 1. The average molecular weight is 395 g/mol. The summed E-state index contributed by atoms with van der Waals surface area (Å²) in [5.41, 5.74) is 0.469. The van der Waals surface area contributed by atoms with Gasteiger partial charge >= 0.3 is 5.97 Å². The minimum atomic E-state index is -0.949. The monoisotopic (exact) mass is 395 g/mol. The average Bonchev–Trinajstić information content (AvgIpc) is 2.65. The number of ether oxygens (including phenoxy) is 4. The quantitative estimate of drug-likeness (QED) is 0.576. The molecule has 1 aromatic carbocycles. The van der Waals surface area contributed by atoms with Gasteiger partial charge in [-0.25, -0.2) is 4.79 Å². The number of carbonyl (C=O) groups excluding carboxylic acids is 2.